The third kappa shape index (κ3) is 3.40. The number of amides is 4. The molecular weight excluding hydrogens is 290 g/mol. The number of urea groups is 1. The van der Waals surface area contributed by atoms with Crippen LogP contribution in [-0.2, 0) is 16.1 Å². The maximum Gasteiger partial charge on any atom is 0.325 e. The summed E-state index contributed by atoms with van der Waals surface area (Å²) in [5.74, 6) is -1.93. The molecule has 8 nitrogen and oxygen atoms in total. The summed E-state index contributed by atoms with van der Waals surface area (Å²) in [5.41, 5.74) is 0.988. The van der Waals surface area contributed by atoms with Crippen LogP contribution in [0.2, 0.25) is 0 Å². The molecule has 4 amide bonds. The van der Waals surface area contributed by atoms with Crippen LogP contribution in [0, 0.1) is 0 Å². The molecule has 1 saturated heterocycles. The van der Waals surface area contributed by atoms with Gasteiger partial charge in [0.05, 0.1) is 13.1 Å². The number of carbonyl (C=O) groups is 4. The zero-order valence-electron chi connectivity index (χ0n) is 11.8. The van der Waals surface area contributed by atoms with E-state index < -0.39 is 23.9 Å². The van der Waals surface area contributed by atoms with E-state index in [0.717, 1.165) is 4.90 Å². The third-order valence-electron chi connectivity index (χ3n) is 3.21. The van der Waals surface area contributed by atoms with Crippen molar-refractivity contribution in [2.24, 2.45) is 0 Å². The van der Waals surface area contributed by atoms with Crippen molar-refractivity contribution in [3.8, 4) is 0 Å². The number of nitrogens with one attached hydrogen (secondary N) is 2. The number of aliphatic carboxylic acids is 1. The van der Waals surface area contributed by atoms with E-state index in [0.29, 0.717) is 11.1 Å². The second kappa shape index (κ2) is 6.25. The Morgan fingerprint density at radius 1 is 1.32 bits per heavy atom. The molecule has 0 radical (unpaired) electrons. The fraction of sp³-hybridized carbons (Fsp3) is 0.286. The number of carbonyl (C=O) groups excluding carboxylic acids is 3. The van der Waals surface area contributed by atoms with Crippen LogP contribution in [0.25, 0.3) is 0 Å². The minimum atomic E-state index is -1.12. The standard InChI is InChI=1S/C14H15N3O5/c1-8(13(20)21)16-12(19)10-4-2-9(3-5-10)7-17-11(18)6-15-14(17)22/h2-5,8H,6-7H2,1H3,(H,15,22)(H,16,19)(H,20,21)/t8-/m0/s1. The van der Waals surface area contributed by atoms with Gasteiger partial charge in [-0.1, -0.05) is 12.1 Å². The van der Waals surface area contributed by atoms with Crippen molar-refractivity contribution >= 4 is 23.8 Å². The lowest BCUT2D eigenvalue weighted by molar-refractivity contribution is -0.138. The number of hydrogen-bond acceptors (Lipinski definition) is 4. The molecule has 22 heavy (non-hydrogen) atoms. The Morgan fingerprint density at radius 3 is 2.45 bits per heavy atom. The van der Waals surface area contributed by atoms with Crippen molar-refractivity contribution in [2.45, 2.75) is 19.5 Å². The van der Waals surface area contributed by atoms with E-state index in [2.05, 4.69) is 10.6 Å². The van der Waals surface area contributed by atoms with E-state index >= 15 is 0 Å². The maximum absolute atomic E-state index is 11.8. The van der Waals surface area contributed by atoms with Crippen molar-refractivity contribution in [1.29, 1.82) is 0 Å². The maximum atomic E-state index is 11.8. The summed E-state index contributed by atoms with van der Waals surface area (Å²) in [7, 11) is 0. The molecule has 2 rings (SSSR count). The Hall–Kier alpha value is -2.90. The minimum Gasteiger partial charge on any atom is -0.480 e. The largest absolute Gasteiger partial charge is 0.480 e. The molecular formula is C14H15N3O5. The third-order valence-corrected chi connectivity index (χ3v) is 3.21. The monoisotopic (exact) mass is 305 g/mol. The summed E-state index contributed by atoms with van der Waals surface area (Å²) >= 11 is 0. The van der Waals surface area contributed by atoms with Crippen LogP contribution >= 0.6 is 0 Å². The van der Waals surface area contributed by atoms with Crippen LogP contribution in [0.5, 0.6) is 0 Å². The molecule has 1 aromatic rings. The molecule has 0 bridgehead atoms. The van der Waals surface area contributed by atoms with Crippen LogP contribution < -0.4 is 10.6 Å². The average Bonchev–Trinajstić information content (AvgIpc) is 2.79. The fourth-order valence-corrected chi connectivity index (χ4v) is 1.90. The van der Waals surface area contributed by atoms with Gasteiger partial charge in [0.25, 0.3) is 5.91 Å². The quantitative estimate of drug-likeness (QED) is 0.659. The van der Waals surface area contributed by atoms with Crippen LogP contribution in [-0.4, -0.2) is 46.4 Å². The van der Waals surface area contributed by atoms with Crippen molar-refractivity contribution in [2.75, 3.05) is 6.54 Å². The number of rotatable bonds is 5. The molecule has 3 N–H and O–H groups in total. The molecule has 1 aliphatic rings. The van der Waals surface area contributed by atoms with Gasteiger partial charge in [-0.2, -0.15) is 0 Å². The molecule has 8 heteroatoms. The normalized spacial score (nSPS) is 15.4. The summed E-state index contributed by atoms with van der Waals surface area (Å²) in [5, 5.41) is 13.5. The fourth-order valence-electron chi connectivity index (χ4n) is 1.90. The van der Waals surface area contributed by atoms with Crippen molar-refractivity contribution in [3.05, 3.63) is 35.4 Å². The highest BCUT2D eigenvalue weighted by molar-refractivity contribution is 6.02. The zero-order chi connectivity index (χ0) is 16.3. The van der Waals surface area contributed by atoms with Gasteiger partial charge in [-0.05, 0) is 24.6 Å². The summed E-state index contributed by atoms with van der Waals surface area (Å²) < 4.78 is 0. The molecule has 116 valence electrons. The molecule has 0 unspecified atom stereocenters. The van der Waals surface area contributed by atoms with Gasteiger partial charge in [-0.15, -0.1) is 0 Å². The van der Waals surface area contributed by atoms with Crippen molar-refractivity contribution in [3.63, 3.8) is 0 Å². The van der Waals surface area contributed by atoms with E-state index in [1.165, 1.54) is 19.1 Å². The number of carboxylic acid groups (broad SMARTS) is 1. The van der Waals surface area contributed by atoms with Gasteiger partial charge in [-0.25, -0.2) is 4.79 Å². The highest BCUT2D eigenvalue weighted by atomic mass is 16.4. The predicted molar refractivity (Wildman–Crippen MR) is 75.0 cm³/mol. The Morgan fingerprint density at radius 2 is 1.95 bits per heavy atom. The van der Waals surface area contributed by atoms with Gasteiger partial charge < -0.3 is 15.7 Å². The molecule has 1 atom stereocenters. The Bertz CT molecular complexity index is 610. The van der Waals surface area contributed by atoms with Gasteiger partial charge in [0.15, 0.2) is 0 Å². The molecule has 0 aliphatic carbocycles. The first-order chi connectivity index (χ1) is 10.4. The number of hydrogen-bond donors (Lipinski definition) is 3. The van der Waals surface area contributed by atoms with Crippen LogP contribution in [0.1, 0.15) is 22.8 Å². The Balaban J connectivity index is 2.01. The number of carboxylic acids is 1. The predicted octanol–water partition coefficient (Wildman–Crippen LogP) is -0.0587. The molecule has 1 heterocycles. The van der Waals surface area contributed by atoms with Crippen LogP contribution in [0.4, 0.5) is 4.79 Å². The van der Waals surface area contributed by atoms with Gasteiger partial charge in [0.1, 0.15) is 6.04 Å². The highest BCUT2D eigenvalue weighted by Gasteiger charge is 2.28. The summed E-state index contributed by atoms with van der Waals surface area (Å²) in [6.45, 7) is 1.48. The lowest BCUT2D eigenvalue weighted by Gasteiger charge is -2.13. The molecule has 0 spiro atoms. The van der Waals surface area contributed by atoms with Gasteiger partial charge >= 0.3 is 12.0 Å². The lowest BCUT2D eigenvalue weighted by Crippen LogP contribution is -2.38. The number of nitrogens with zero attached hydrogens (tertiary/aromatic N) is 1. The summed E-state index contributed by atoms with van der Waals surface area (Å²) in [6, 6.07) is 4.81. The van der Waals surface area contributed by atoms with Gasteiger partial charge in [0, 0.05) is 5.56 Å². The minimum absolute atomic E-state index is 0.00754. The molecule has 1 aromatic carbocycles. The molecule has 0 saturated carbocycles. The lowest BCUT2D eigenvalue weighted by atomic mass is 10.1. The Kier molecular flexibility index (Phi) is 4.40. The first kappa shape index (κ1) is 15.5. The highest BCUT2D eigenvalue weighted by Crippen LogP contribution is 2.10. The topological polar surface area (TPSA) is 116 Å². The second-order valence-electron chi connectivity index (χ2n) is 4.87. The van der Waals surface area contributed by atoms with E-state index in [1.807, 2.05) is 0 Å². The van der Waals surface area contributed by atoms with E-state index in [4.69, 9.17) is 5.11 Å². The number of benzene rings is 1. The first-order valence-corrected chi connectivity index (χ1v) is 6.59. The van der Waals surface area contributed by atoms with E-state index in [-0.39, 0.29) is 19.0 Å². The average molecular weight is 305 g/mol. The smallest absolute Gasteiger partial charge is 0.325 e. The van der Waals surface area contributed by atoms with Crippen molar-refractivity contribution in [1.82, 2.24) is 15.5 Å². The van der Waals surface area contributed by atoms with Crippen LogP contribution in [0.3, 0.4) is 0 Å². The molecule has 0 aromatic heterocycles. The first-order valence-electron chi connectivity index (χ1n) is 6.59. The second-order valence-corrected chi connectivity index (χ2v) is 4.87. The molecule has 1 fully saturated rings. The van der Waals surface area contributed by atoms with E-state index in [1.54, 1.807) is 12.1 Å². The summed E-state index contributed by atoms with van der Waals surface area (Å²) in [6.07, 6.45) is 0. The van der Waals surface area contributed by atoms with Gasteiger partial charge in [0.2, 0.25) is 5.91 Å². The molecule has 1 aliphatic heterocycles. The van der Waals surface area contributed by atoms with E-state index in [9.17, 15) is 19.2 Å². The SMILES string of the molecule is C[C@H](NC(=O)c1ccc(CN2C(=O)CNC2=O)cc1)C(=O)O. The Labute approximate surface area is 126 Å². The summed E-state index contributed by atoms with van der Waals surface area (Å²) in [4.78, 5) is 46.5. The van der Waals surface area contributed by atoms with Crippen LogP contribution in [0.15, 0.2) is 24.3 Å². The zero-order valence-corrected chi connectivity index (χ0v) is 11.8. The number of imide groups is 1. The van der Waals surface area contributed by atoms with Gasteiger partial charge in [-0.3, -0.25) is 19.3 Å². The van der Waals surface area contributed by atoms with Crippen molar-refractivity contribution < 1.29 is 24.3 Å².